The van der Waals surface area contributed by atoms with E-state index in [0.717, 1.165) is 38.1 Å². The standard InChI is InChI=1S/C16H28N4O5S2/c1-17-26(22,23)14-10-20(11-15(14)27(24,25)18-2)12-16(21)19-13-8-6-4-3-5-7-9-13/h10-11,13,17-18H,3-9,12H2,1-2H3,(H,19,21). The van der Waals surface area contributed by atoms with Crippen LogP contribution in [0.1, 0.15) is 44.9 Å². The maximum Gasteiger partial charge on any atom is 0.243 e. The molecule has 1 aromatic heterocycles. The van der Waals surface area contributed by atoms with Crippen molar-refractivity contribution in [2.24, 2.45) is 0 Å². The van der Waals surface area contributed by atoms with Crippen LogP contribution in [-0.2, 0) is 31.4 Å². The SMILES string of the molecule is CNS(=O)(=O)c1cn(CC(=O)NC2CCCCCCC2)cc1S(=O)(=O)NC. The molecule has 3 N–H and O–H groups in total. The number of hydrogen-bond donors (Lipinski definition) is 3. The topological polar surface area (TPSA) is 126 Å². The highest BCUT2D eigenvalue weighted by atomic mass is 32.2. The molecule has 0 radical (unpaired) electrons. The lowest BCUT2D eigenvalue weighted by molar-refractivity contribution is -0.122. The number of carbonyl (C=O) groups excluding carboxylic acids is 1. The summed E-state index contributed by atoms with van der Waals surface area (Å²) in [5.41, 5.74) is 0. The van der Waals surface area contributed by atoms with Gasteiger partial charge in [-0.3, -0.25) is 4.79 Å². The summed E-state index contributed by atoms with van der Waals surface area (Å²) in [5.74, 6) is -0.266. The zero-order chi connectivity index (χ0) is 20.1. The highest BCUT2D eigenvalue weighted by molar-refractivity contribution is 7.92. The molecule has 27 heavy (non-hydrogen) atoms. The Morgan fingerprint density at radius 2 is 1.37 bits per heavy atom. The first-order valence-electron chi connectivity index (χ1n) is 9.06. The van der Waals surface area contributed by atoms with Crippen molar-refractivity contribution < 1.29 is 21.6 Å². The molecule has 0 atom stereocenters. The lowest BCUT2D eigenvalue weighted by atomic mass is 9.97. The van der Waals surface area contributed by atoms with Crippen LogP contribution in [0.25, 0.3) is 0 Å². The Bertz CT molecular complexity index is 802. The van der Waals surface area contributed by atoms with Crippen LogP contribution in [-0.4, -0.2) is 47.4 Å². The van der Waals surface area contributed by atoms with Crippen molar-refractivity contribution in [1.29, 1.82) is 0 Å². The molecule has 0 bridgehead atoms. The van der Waals surface area contributed by atoms with E-state index in [2.05, 4.69) is 14.8 Å². The van der Waals surface area contributed by atoms with Crippen LogP contribution in [0, 0.1) is 0 Å². The number of amides is 1. The van der Waals surface area contributed by atoms with Crippen molar-refractivity contribution in [2.75, 3.05) is 14.1 Å². The maximum absolute atomic E-state index is 12.4. The summed E-state index contributed by atoms with van der Waals surface area (Å²) in [6, 6.07) is 0.106. The quantitative estimate of drug-likeness (QED) is 0.593. The van der Waals surface area contributed by atoms with Gasteiger partial charge in [-0.1, -0.05) is 32.1 Å². The molecule has 154 valence electrons. The molecular formula is C16H28N4O5S2. The van der Waals surface area contributed by atoms with Gasteiger partial charge in [-0.05, 0) is 26.9 Å². The number of nitrogens with zero attached hydrogens (tertiary/aromatic N) is 1. The van der Waals surface area contributed by atoms with Gasteiger partial charge in [0.15, 0.2) is 0 Å². The summed E-state index contributed by atoms with van der Waals surface area (Å²) in [6.45, 7) is -0.151. The molecule has 1 amide bonds. The first kappa shape index (κ1) is 21.9. The highest BCUT2D eigenvalue weighted by Crippen LogP contribution is 2.22. The minimum atomic E-state index is -3.99. The monoisotopic (exact) mass is 420 g/mol. The molecule has 1 heterocycles. The number of hydrogen-bond acceptors (Lipinski definition) is 5. The van der Waals surface area contributed by atoms with E-state index < -0.39 is 29.8 Å². The molecular weight excluding hydrogens is 392 g/mol. The molecule has 1 saturated carbocycles. The zero-order valence-corrected chi connectivity index (χ0v) is 17.3. The Kier molecular flexibility index (Phi) is 7.43. The summed E-state index contributed by atoms with van der Waals surface area (Å²) in [4.78, 5) is 11.6. The Balaban J connectivity index is 2.18. The number of nitrogens with one attached hydrogen (secondary N) is 3. The third kappa shape index (κ3) is 5.77. The highest BCUT2D eigenvalue weighted by Gasteiger charge is 2.28. The number of sulfonamides is 2. The Labute approximate surface area is 161 Å². The normalized spacial score (nSPS) is 17.3. The van der Waals surface area contributed by atoms with Gasteiger partial charge in [0.25, 0.3) is 0 Å². The second-order valence-corrected chi connectivity index (χ2v) is 10.4. The first-order chi connectivity index (χ1) is 12.7. The molecule has 1 aliphatic rings. The summed E-state index contributed by atoms with van der Waals surface area (Å²) in [6.07, 6.45) is 9.89. The molecule has 1 aliphatic carbocycles. The molecule has 0 aliphatic heterocycles. The maximum atomic E-state index is 12.4. The molecule has 2 rings (SSSR count). The fraction of sp³-hybridized carbons (Fsp3) is 0.688. The van der Waals surface area contributed by atoms with Gasteiger partial charge in [0.05, 0.1) is 0 Å². The van der Waals surface area contributed by atoms with Gasteiger partial charge in [-0.2, -0.15) is 0 Å². The van der Waals surface area contributed by atoms with Crippen LogP contribution in [0.3, 0.4) is 0 Å². The number of aromatic nitrogens is 1. The van der Waals surface area contributed by atoms with E-state index in [0.29, 0.717) is 0 Å². The number of rotatable bonds is 7. The number of carbonyl (C=O) groups is 1. The molecule has 0 spiro atoms. The second-order valence-electron chi connectivity index (χ2n) is 6.68. The summed E-state index contributed by atoms with van der Waals surface area (Å²) in [7, 11) is -5.59. The molecule has 9 nitrogen and oxygen atoms in total. The summed E-state index contributed by atoms with van der Waals surface area (Å²) in [5, 5.41) is 2.98. The molecule has 1 fully saturated rings. The van der Waals surface area contributed by atoms with E-state index in [1.807, 2.05) is 0 Å². The van der Waals surface area contributed by atoms with Gasteiger partial charge in [0, 0.05) is 18.4 Å². The van der Waals surface area contributed by atoms with Crippen molar-refractivity contribution in [2.45, 2.75) is 67.3 Å². The minimum Gasteiger partial charge on any atom is -0.352 e. The van der Waals surface area contributed by atoms with Crippen molar-refractivity contribution in [3.8, 4) is 0 Å². The summed E-state index contributed by atoms with van der Waals surface area (Å²) >= 11 is 0. The third-order valence-corrected chi connectivity index (χ3v) is 7.73. The van der Waals surface area contributed by atoms with Crippen LogP contribution in [0.5, 0.6) is 0 Å². The predicted octanol–water partition coefficient (Wildman–Crippen LogP) is 0.533. The zero-order valence-electron chi connectivity index (χ0n) is 15.7. The van der Waals surface area contributed by atoms with Crippen molar-refractivity contribution >= 4 is 26.0 Å². The van der Waals surface area contributed by atoms with Gasteiger partial charge in [-0.25, -0.2) is 26.3 Å². The van der Waals surface area contributed by atoms with Crippen LogP contribution in [0.4, 0.5) is 0 Å². The molecule has 0 saturated heterocycles. The van der Waals surface area contributed by atoms with Gasteiger partial charge in [-0.15, -0.1) is 0 Å². The molecule has 1 aromatic rings. The summed E-state index contributed by atoms with van der Waals surface area (Å²) < 4.78 is 54.1. The van der Waals surface area contributed by atoms with Crippen molar-refractivity contribution in [1.82, 2.24) is 19.3 Å². The van der Waals surface area contributed by atoms with Crippen LogP contribution in [0.2, 0.25) is 0 Å². The van der Waals surface area contributed by atoms with E-state index in [4.69, 9.17) is 0 Å². The van der Waals surface area contributed by atoms with Gasteiger partial charge in [0.1, 0.15) is 16.3 Å². The van der Waals surface area contributed by atoms with Crippen LogP contribution < -0.4 is 14.8 Å². The first-order valence-corrected chi connectivity index (χ1v) is 12.0. The fourth-order valence-corrected chi connectivity index (χ4v) is 5.50. The smallest absolute Gasteiger partial charge is 0.243 e. The van der Waals surface area contributed by atoms with Gasteiger partial charge < -0.3 is 9.88 Å². The van der Waals surface area contributed by atoms with Gasteiger partial charge >= 0.3 is 0 Å². The largest absolute Gasteiger partial charge is 0.352 e. The van der Waals surface area contributed by atoms with Crippen LogP contribution in [0.15, 0.2) is 22.2 Å². The van der Waals surface area contributed by atoms with Crippen molar-refractivity contribution in [3.63, 3.8) is 0 Å². The molecule has 11 heteroatoms. The fourth-order valence-electron chi connectivity index (χ4n) is 3.22. The average Bonchev–Trinajstić information content (AvgIpc) is 3.02. The predicted molar refractivity (Wildman–Crippen MR) is 101 cm³/mol. The van der Waals surface area contributed by atoms with E-state index >= 15 is 0 Å². The van der Waals surface area contributed by atoms with E-state index in [-0.39, 0.29) is 18.5 Å². The Morgan fingerprint density at radius 3 is 1.81 bits per heavy atom. The van der Waals surface area contributed by atoms with E-state index in [1.54, 1.807) is 0 Å². The average molecular weight is 421 g/mol. The Hall–Kier alpha value is -1.43. The van der Waals surface area contributed by atoms with Crippen molar-refractivity contribution in [3.05, 3.63) is 12.4 Å². The van der Waals surface area contributed by atoms with Gasteiger partial charge in [0.2, 0.25) is 26.0 Å². The minimum absolute atomic E-state index is 0.106. The third-order valence-electron chi connectivity index (χ3n) is 4.72. The lowest BCUT2D eigenvalue weighted by Crippen LogP contribution is -2.37. The van der Waals surface area contributed by atoms with E-state index in [9.17, 15) is 21.6 Å². The van der Waals surface area contributed by atoms with E-state index in [1.165, 1.54) is 37.9 Å². The lowest BCUT2D eigenvalue weighted by Gasteiger charge is -2.21. The Morgan fingerprint density at radius 1 is 0.926 bits per heavy atom. The second kappa shape index (κ2) is 9.18. The molecule has 0 unspecified atom stereocenters. The molecule has 0 aromatic carbocycles. The van der Waals surface area contributed by atoms with Crippen LogP contribution >= 0.6 is 0 Å².